The Morgan fingerprint density at radius 2 is 1.89 bits per heavy atom. The fraction of sp³-hybridized carbons (Fsp3) is 0.375. The first-order valence-electron chi connectivity index (χ1n) is 6.65. The molecule has 19 heavy (non-hydrogen) atoms. The fourth-order valence-electron chi connectivity index (χ4n) is 2.26. The maximum atomic E-state index is 13.4. The first kappa shape index (κ1) is 13.8. The van der Waals surface area contributed by atoms with Gasteiger partial charge in [-0.15, -0.1) is 0 Å². The van der Waals surface area contributed by atoms with E-state index < -0.39 is 0 Å². The Hall–Kier alpha value is -1.61. The summed E-state index contributed by atoms with van der Waals surface area (Å²) in [6, 6.07) is 9.16. The number of nitrogens with zero attached hydrogens (tertiary/aromatic N) is 1. The largest absolute Gasteiger partial charge is 0.352 e. The Morgan fingerprint density at radius 1 is 1.16 bits per heavy atom. The Kier molecular flexibility index (Phi) is 4.38. The second kappa shape index (κ2) is 6.02. The third-order valence-electron chi connectivity index (χ3n) is 3.72. The predicted molar refractivity (Wildman–Crippen MR) is 76.7 cm³/mol. The van der Waals surface area contributed by atoms with Crippen molar-refractivity contribution in [2.75, 3.05) is 6.54 Å². The van der Waals surface area contributed by atoms with Crippen molar-refractivity contribution in [1.29, 1.82) is 0 Å². The van der Waals surface area contributed by atoms with Gasteiger partial charge >= 0.3 is 0 Å². The van der Waals surface area contributed by atoms with Gasteiger partial charge in [0, 0.05) is 25.0 Å². The minimum absolute atomic E-state index is 0.115. The lowest BCUT2D eigenvalue weighted by atomic mass is 10.1. The lowest BCUT2D eigenvalue weighted by Gasteiger charge is -2.06. The molecule has 3 heteroatoms. The van der Waals surface area contributed by atoms with Crippen molar-refractivity contribution in [2.24, 2.45) is 7.05 Å². The highest BCUT2D eigenvalue weighted by molar-refractivity contribution is 5.26. The van der Waals surface area contributed by atoms with E-state index in [1.54, 1.807) is 6.07 Å². The molecule has 0 amide bonds. The van der Waals surface area contributed by atoms with Gasteiger partial charge in [0.2, 0.25) is 0 Å². The van der Waals surface area contributed by atoms with E-state index in [4.69, 9.17) is 0 Å². The summed E-state index contributed by atoms with van der Waals surface area (Å²) < 4.78 is 15.6. The van der Waals surface area contributed by atoms with E-state index in [-0.39, 0.29) is 5.82 Å². The maximum Gasteiger partial charge on any atom is 0.126 e. The van der Waals surface area contributed by atoms with Gasteiger partial charge in [-0.25, -0.2) is 4.39 Å². The summed E-state index contributed by atoms with van der Waals surface area (Å²) in [5.41, 5.74) is 4.64. The monoisotopic (exact) mass is 260 g/mol. The normalized spacial score (nSPS) is 10.9. The van der Waals surface area contributed by atoms with Gasteiger partial charge in [0.25, 0.3) is 0 Å². The van der Waals surface area contributed by atoms with Gasteiger partial charge in [-0.1, -0.05) is 18.2 Å². The molecule has 102 valence electrons. The number of rotatable bonds is 5. The standard InChI is InChI=1S/C16H21FN2/c1-12-10-15(13(2)19(12)3)11-18-9-8-14-6-4-5-7-16(14)17/h4-7,10,18H,8-9,11H2,1-3H3. The molecule has 0 aliphatic rings. The average molecular weight is 260 g/mol. The van der Waals surface area contributed by atoms with E-state index in [2.05, 4.69) is 36.8 Å². The van der Waals surface area contributed by atoms with Gasteiger partial charge < -0.3 is 9.88 Å². The van der Waals surface area contributed by atoms with Crippen LogP contribution in [0.2, 0.25) is 0 Å². The molecule has 0 aliphatic carbocycles. The van der Waals surface area contributed by atoms with E-state index in [0.717, 1.165) is 25.1 Å². The molecule has 0 radical (unpaired) electrons. The highest BCUT2D eigenvalue weighted by Gasteiger charge is 2.05. The number of halogens is 1. The van der Waals surface area contributed by atoms with Gasteiger partial charge in [-0.2, -0.15) is 0 Å². The van der Waals surface area contributed by atoms with Gasteiger partial charge in [0.15, 0.2) is 0 Å². The maximum absolute atomic E-state index is 13.4. The topological polar surface area (TPSA) is 17.0 Å². The molecule has 0 bridgehead atoms. The third-order valence-corrected chi connectivity index (χ3v) is 3.72. The molecule has 2 rings (SSSR count). The Morgan fingerprint density at radius 3 is 2.53 bits per heavy atom. The lowest BCUT2D eigenvalue weighted by molar-refractivity contribution is 0.597. The average Bonchev–Trinajstić information content (AvgIpc) is 2.64. The zero-order valence-corrected chi connectivity index (χ0v) is 11.8. The Balaban J connectivity index is 1.84. The molecule has 0 atom stereocenters. The molecule has 1 N–H and O–H groups in total. The van der Waals surface area contributed by atoms with E-state index >= 15 is 0 Å². The van der Waals surface area contributed by atoms with Crippen LogP contribution in [0.25, 0.3) is 0 Å². The van der Waals surface area contributed by atoms with Crippen molar-refractivity contribution in [2.45, 2.75) is 26.8 Å². The molecule has 0 aliphatic heterocycles. The quantitative estimate of drug-likeness (QED) is 0.817. The first-order valence-corrected chi connectivity index (χ1v) is 6.65. The molecular formula is C16H21FN2. The van der Waals surface area contributed by atoms with Crippen LogP contribution < -0.4 is 5.32 Å². The summed E-state index contributed by atoms with van der Waals surface area (Å²) in [7, 11) is 2.08. The zero-order chi connectivity index (χ0) is 13.8. The summed E-state index contributed by atoms with van der Waals surface area (Å²) in [5.74, 6) is -0.115. The number of hydrogen-bond acceptors (Lipinski definition) is 1. The number of benzene rings is 1. The van der Waals surface area contributed by atoms with Crippen LogP contribution in [-0.4, -0.2) is 11.1 Å². The fourth-order valence-corrected chi connectivity index (χ4v) is 2.26. The molecule has 0 fully saturated rings. The van der Waals surface area contributed by atoms with E-state index in [0.29, 0.717) is 0 Å². The predicted octanol–water partition coefficient (Wildman–Crippen LogP) is 3.11. The van der Waals surface area contributed by atoms with Gasteiger partial charge in [-0.3, -0.25) is 0 Å². The zero-order valence-electron chi connectivity index (χ0n) is 11.8. The lowest BCUT2D eigenvalue weighted by Crippen LogP contribution is -2.17. The highest BCUT2D eigenvalue weighted by Crippen LogP contribution is 2.13. The molecule has 0 unspecified atom stereocenters. The second-order valence-electron chi connectivity index (χ2n) is 4.97. The Bertz CT molecular complexity index is 558. The molecule has 1 aromatic carbocycles. The summed E-state index contributed by atoms with van der Waals surface area (Å²) in [4.78, 5) is 0. The SMILES string of the molecule is Cc1cc(CNCCc2ccccc2F)c(C)n1C. The van der Waals surface area contributed by atoms with Crippen molar-refractivity contribution in [1.82, 2.24) is 9.88 Å². The van der Waals surface area contributed by atoms with Crippen molar-refractivity contribution < 1.29 is 4.39 Å². The molecule has 0 saturated heterocycles. The number of aromatic nitrogens is 1. The molecule has 2 nitrogen and oxygen atoms in total. The Labute approximate surface area is 114 Å². The minimum atomic E-state index is -0.115. The van der Waals surface area contributed by atoms with Crippen LogP contribution in [0.3, 0.4) is 0 Å². The molecule has 0 saturated carbocycles. The summed E-state index contributed by atoms with van der Waals surface area (Å²) >= 11 is 0. The van der Waals surface area contributed by atoms with Crippen LogP contribution in [0.1, 0.15) is 22.5 Å². The van der Waals surface area contributed by atoms with Gasteiger partial charge in [0.05, 0.1) is 0 Å². The highest BCUT2D eigenvalue weighted by atomic mass is 19.1. The molecular weight excluding hydrogens is 239 g/mol. The van der Waals surface area contributed by atoms with Crippen molar-refractivity contribution >= 4 is 0 Å². The van der Waals surface area contributed by atoms with Gasteiger partial charge in [-0.05, 0) is 50.1 Å². The van der Waals surface area contributed by atoms with Crippen LogP contribution in [0.4, 0.5) is 4.39 Å². The van der Waals surface area contributed by atoms with Crippen LogP contribution >= 0.6 is 0 Å². The van der Waals surface area contributed by atoms with Crippen LogP contribution in [0.15, 0.2) is 30.3 Å². The van der Waals surface area contributed by atoms with Crippen LogP contribution in [0.5, 0.6) is 0 Å². The van der Waals surface area contributed by atoms with Crippen molar-refractivity contribution in [3.05, 3.63) is 58.7 Å². The third kappa shape index (κ3) is 3.24. The van der Waals surface area contributed by atoms with E-state index in [9.17, 15) is 4.39 Å². The first-order chi connectivity index (χ1) is 9.09. The van der Waals surface area contributed by atoms with E-state index in [1.165, 1.54) is 23.0 Å². The molecule has 2 aromatic rings. The summed E-state index contributed by atoms with van der Waals surface area (Å²) in [5, 5.41) is 3.38. The van der Waals surface area contributed by atoms with Crippen LogP contribution in [0, 0.1) is 19.7 Å². The number of hydrogen-bond donors (Lipinski definition) is 1. The molecule has 1 aromatic heterocycles. The summed E-state index contributed by atoms with van der Waals surface area (Å²) in [6.45, 7) is 5.85. The minimum Gasteiger partial charge on any atom is -0.352 e. The van der Waals surface area contributed by atoms with E-state index in [1.807, 2.05) is 12.1 Å². The van der Waals surface area contributed by atoms with Gasteiger partial charge in [0.1, 0.15) is 5.82 Å². The van der Waals surface area contributed by atoms with Crippen molar-refractivity contribution in [3.63, 3.8) is 0 Å². The smallest absolute Gasteiger partial charge is 0.126 e. The number of aryl methyl sites for hydroxylation is 1. The van der Waals surface area contributed by atoms with Crippen molar-refractivity contribution in [3.8, 4) is 0 Å². The number of nitrogens with one attached hydrogen (secondary N) is 1. The molecule has 1 heterocycles. The summed E-state index contributed by atoms with van der Waals surface area (Å²) in [6.07, 6.45) is 0.720. The molecule has 0 spiro atoms. The van der Waals surface area contributed by atoms with Crippen LogP contribution in [-0.2, 0) is 20.0 Å². The second-order valence-corrected chi connectivity index (χ2v) is 4.97.